The van der Waals surface area contributed by atoms with Gasteiger partial charge < -0.3 is 14.5 Å². The van der Waals surface area contributed by atoms with Gasteiger partial charge in [0.2, 0.25) is 11.8 Å². The molecule has 2 heterocycles. The van der Waals surface area contributed by atoms with Crippen molar-refractivity contribution in [3.63, 3.8) is 0 Å². The number of ether oxygens (including phenoxy) is 1. The van der Waals surface area contributed by atoms with Crippen LogP contribution in [0, 0.1) is 5.92 Å². The van der Waals surface area contributed by atoms with Crippen molar-refractivity contribution < 1.29 is 14.3 Å². The molecule has 2 saturated heterocycles. The topological polar surface area (TPSA) is 49.9 Å². The van der Waals surface area contributed by atoms with Crippen LogP contribution in [-0.4, -0.2) is 60.0 Å². The van der Waals surface area contributed by atoms with E-state index in [1.54, 1.807) is 0 Å². The zero-order chi connectivity index (χ0) is 18.7. The quantitative estimate of drug-likeness (QED) is 0.752. The maximum atomic E-state index is 12.8. The summed E-state index contributed by atoms with van der Waals surface area (Å²) in [6.45, 7) is 6.71. The highest BCUT2D eigenvalue weighted by molar-refractivity contribution is 9.10. The third-order valence-corrected chi connectivity index (χ3v) is 5.73. The van der Waals surface area contributed by atoms with Gasteiger partial charge in [0, 0.05) is 36.6 Å². The number of hydrogen-bond acceptors (Lipinski definition) is 3. The summed E-state index contributed by atoms with van der Waals surface area (Å²) in [7, 11) is 0. The Morgan fingerprint density at radius 2 is 1.62 bits per heavy atom. The second kappa shape index (κ2) is 8.53. The molecule has 6 heteroatoms. The van der Waals surface area contributed by atoms with Crippen molar-refractivity contribution in [3.05, 3.63) is 34.3 Å². The summed E-state index contributed by atoms with van der Waals surface area (Å²) in [4.78, 5) is 29.2. The van der Waals surface area contributed by atoms with Gasteiger partial charge in [-0.3, -0.25) is 9.59 Å². The summed E-state index contributed by atoms with van der Waals surface area (Å²) >= 11 is 3.41. The Balaban J connectivity index is 1.49. The van der Waals surface area contributed by atoms with Gasteiger partial charge in [0.05, 0.1) is 18.6 Å². The lowest BCUT2D eigenvalue weighted by Gasteiger charge is -2.39. The molecule has 0 saturated carbocycles. The molecular formula is C20H27BrN2O3. The number of piperidine rings is 1. The molecular weight excluding hydrogens is 396 g/mol. The highest BCUT2D eigenvalue weighted by atomic mass is 79.9. The molecule has 142 valence electrons. The van der Waals surface area contributed by atoms with Gasteiger partial charge in [-0.1, -0.05) is 28.1 Å². The predicted octanol–water partition coefficient (Wildman–Crippen LogP) is 2.87. The summed E-state index contributed by atoms with van der Waals surface area (Å²) < 4.78 is 6.73. The van der Waals surface area contributed by atoms with Gasteiger partial charge in [0.15, 0.2) is 0 Å². The van der Waals surface area contributed by atoms with Gasteiger partial charge in [-0.25, -0.2) is 0 Å². The smallest absolute Gasteiger partial charge is 0.226 e. The maximum Gasteiger partial charge on any atom is 0.226 e. The summed E-state index contributed by atoms with van der Waals surface area (Å²) in [6, 6.07) is 7.85. The Kier molecular flexibility index (Phi) is 6.35. The Bertz CT molecular complexity index is 631. The largest absolute Gasteiger partial charge is 0.372 e. The summed E-state index contributed by atoms with van der Waals surface area (Å²) in [5.41, 5.74) is 1.02. The van der Waals surface area contributed by atoms with E-state index in [2.05, 4.69) is 15.9 Å². The van der Waals surface area contributed by atoms with E-state index in [1.807, 2.05) is 47.9 Å². The van der Waals surface area contributed by atoms with E-state index in [0.29, 0.717) is 32.6 Å². The van der Waals surface area contributed by atoms with Crippen LogP contribution >= 0.6 is 15.9 Å². The van der Waals surface area contributed by atoms with Crippen LogP contribution in [-0.2, 0) is 20.7 Å². The molecule has 3 rings (SSSR count). The second-order valence-corrected chi connectivity index (χ2v) is 8.37. The lowest BCUT2D eigenvalue weighted by molar-refractivity contribution is -0.150. The first-order chi connectivity index (χ1) is 12.4. The van der Waals surface area contributed by atoms with E-state index in [-0.39, 0.29) is 29.9 Å². The van der Waals surface area contributed by atoms with Crippen molar-refractivity contribution in [3.8, 4) is 0 Å². The van der Waals surface area contributed by atoms with Crippen LogP contribution in [0.1, 0.15) is 32.3 Å². The molecule has 1 aromatic rings. The summed E-state index contributed by atoms with van der Waals surface area (Å²) in [5.74, 6) is 0.406. The normalized spacial score (nSPS) is 24.6. The first-order valence-corrected chi connectivity index (χ1v) is 10.2. The molecule has 2 aliphatic rings. The van der Waals surface area contributed by atoms with Crippen LogP contribution in [0.4, 0.5) is 0 Å². The fraction of sp³-hybridized carbons (Fsp3) is 0.600. The standard InChI is InChI=1S/C20H27BrN2O3/c1-14-12-23(13-15(2)26-14)20(25)17-7-9-22(10-8-17)19(24)11-16-3-5-18(21)6-4-16/h3-6,14-15,17H,7-13H2,1-2H3/t14-,15-/m1/s1. The zero-order valence-corrected chi connectivity index (χ0v) is 17.1. The fourth-order valence-electron chi connectivity index (χ4n) is 3.88. The van der Waals surface area contributed by atoms with E-state index >= 15 is 0 Å². The molecule has 0 spiro atoms. The van der Waals surface area contributed by atoms with E-state index in [4.69, 9.17) is 4.74 Å². The highest BCUT2D eigenvalue weighted by Crippen LogP contribution is 2.23. The lowest BCUT2D eigenvalue weighted by atomic mass is 9.94. The predicted molar refractivity (Wildman–Crippen MR) is 104 cm³/mol. The van der Waals surface area contributed by atoms with E-state index in [9.17, 15) is 9.59 Å². The second-order valence-electron chi connectivity index (χ2n) is 7.46. The Hall–Kier alpha value is -1.40. The average molecular weight is 423 g/mol. The van der Waals surface area contributed by atoms with E-state index < -0.39 is 0 Å². The number of nitrogens with zero attached hydrogens (tertiary/aromatic N) is 2. The van der Waals surface area contributed by atoms with Gasteiger partial charge in [-0.05, 0) is 44.4 Å². The van der Waals surface area contributed by atoms with Gasteiger partial charge >= 0.3 is 0 Å². The molecule has 2 fully saturated rings. The number of morpholine rings is 1. The first-order valence-electron chi connectivity index (χ1n) is 9.39. The summed E-state index contributed by atoms with van der Waals surface area (Å²) in [5, 5.41) is 0. The molecule has 0 radical (unpaired) electrons. The fourth-order valence-corrected chi connectivity index (χ4v) is 4.14. The molecule has 0 aromatic heterocycles. The number of likely N-dealkylation sites (tertiary alicyclic amines) is 1. The number of carbonyl (C=O) groups is 2. The van der Waals surface area contributed by atoms with E-state index in [1.165, 1.54) is 0 Å². The minimum Gasteiger partial charge on any atom is -0.372 e. The molecule has 2 atom stereocenters. The minimum atomic E-state index is 0.0317. The molecule has 2 amide bonds. The Morgan fingerprint density at radius 1 is 1.04 bits per heavy atom. The lowest BCUT2D eigenvalue weighted by Crippen LogP contribution is -2.51. The maximum absolute atomic E-state index is 12.8. The van der Waals surface area contributed by atoms with Crippen LogP contribution in [0.3, 0.4) is 0 Å². The van der Waals surface area contributed by atoms with Crippen LogP contribution < -0.4 is 0 Å². The van der Waals surface area contributed by atoms with Gasteiger partial charge in [-0.2, -0.15) is 0 Å². The van der Waals surface area contributed by atoms with Crippen molar-refractivity contribution >= 4 is 27.7 Å². The molecule has 0 unspecified atom stereocenters. The molecule has 5 nitrogen and oxygen atoms in total. The van der Waals surface area contributed by atoms with Crippen molar-refractivity contribution in [1.29, 1.82) is 0 Å². The molecule has 0 N–H and O–H groups in total. The number of halogens is 1. The Morgan fingerprint density at radius 3 is 2.19 bits per heavy atom. The number of rotatable bonds is 3. The molecule has 26 heavy (non-hydrogen) atoms. The van der Waals surface area contributed by atoms with Gasteiger partial charge in [0.1, 0.15) is 0 Å². The zero-order valence-electron chi connectivity index (χ0n) is 15.5. The minimum absolute atomic E-state index is 0.0317. The van der Waals surface area contributed by atoms with Crippen molar-refractivity contribution in [1.82, 2.24) is 9.80 Å². The monoisotopic (exact) mass is 422 g/mol. The van der Waals surface area contributed by atoms with Crippen molar-refractivity contribution in [2.75, 3.05) is 26.2 Å². The SMILES string of the molecule is C[C@@H]1CN(C(=O)C2CCN(C(=O)Cc3ccc(Br)cc3)CC2)C[C@@H](C)O1. The average Bonchev–Trinajstić information content (AvgIpc) is 2.62. The first kappa shape index (κ1) is 19.4. The van der Waals surface area contributed by atoms with Crippen LogP contribution in [0.15, 0.2) is 28.7 Å². The van der Waals surface area contributed by atoms with Crippen LogP contribution in [0.2, 0.25) is 0 Å². The number of amides is 2. The molecule has 2 aliphatic heterocycles. The third-order valence-electron chi connectivity index (χ3n) is 5.20. The van der Waals surface area contributed by atoms with Crippen LogP contribution in [0.5, 0.6) is 0 Å². The van der Waals surface area contributed by atoms with Crippen LogP contribution in [0.25, 0.3) is 0 Å². The molecule has 0 bridgehead atoms. The van der Waals surface area contributed by atoms with Gasteiger partial charge in [-0.15, -0.1) is 0 Å². The van der Waals surface area contributed by atoms with Crippen molar-refractivity contribution in [2.45, 2.75) is 45.3 Å². The third kappa shape index (κ3) is 4.86. The summed E-state index contributed by atoms with van der Waals surface area (Å²) in [6.07, 6.45) is 2.12. The number of benzene rings is 1. The van der Waals surface area contributed by atoms with Gasteiger partial charge in [0.25, 0.3) is 0 Å². The van der Waals surface area contributed by atoms with E-state index in [0.717, 1.165) is 22.9 Å². The highest BCUT2D eigenvalue weighted by Gasteiger charge is 2.33. The van der Waals surface area contributed by atoms with Crippen molar-refractivity contribution in [2.24, 2.45) is 5.92 Å². The number of carbonyl (C=O) groups excluding carboxylic acids is 2. The molecule has 0 aliphatic carbocycles. The Labute approximate surface area is 163 Å². The number of hydrogen-bond donors (Lipinski definition) is 0. The molecule has 1 aromatic carbocycles.